The third-order valence-electron chi connectivity index (χ3n) is 3.20. The van der Waals surface area contributed by atoms with Crippen LogP contribution in [0.5, 0.6) is 5.75 Å². The molecule has 0 saturated carbocycles. The molecule has 0 aliphatic heterocycles. The molecule has 2 amide bonds. The van der Waals surface area contributed by atoms with E-state index in [1.165, 1.54) is 12.1 Å². The second-order valence-corrected chi connectivity index (χ2v) is 5.92. The van der Waals surface area contributed by atoms with Gasteiger partial charge in [0.25, 0.3) is 0 Å². The zero-order valence-corrected chi connectivity index (χ0v) is 13.2. The largest absolute Gasteiger partial charge is 0.487 e. The van der Waals surface area contributed by atoms with Crippen molar-refractivity contribution in [1.82, 2.24) is 10.3 Å². The highest BCUT2D eigenvalue weighted by Crippen LogP contribution is 2.22. The molecule has 1 heterocycles. The first-order chi connectivity index (χ1) is 10.9. The van der Waals surface area contributed by atoms with Gasteiger partial charge in [0, 0.05) is 18.2 Å². The van der Waals surface area contributed by atoms with Crippen LogP contribution in [-0.4, -0.2) is 16.6 Å². The van der Waals surface area contributed by atoms with E-state index in [2.05, 4.69) is 10.3 Å². The van der Waals surface area contributed by atoms with Gasteiger partial charge in [0.2, 0.25) is 0 Å². The molecule has 0 aliphatic rings. The van der Waals surface area contributed by atoms with Crippen molar-refractivity contribution in [3.63, 3.8) is 0 Å². The molecule has 6 heteroatoms. The van der Waals surface area contributed by atoms with Crippen molar-refractivity contribution >= 4 is 6.03 Å². The molecule has 0 bridgehead atoms. The molecule has 5 nitrogen and oxygen atoms in total. The molecule has 0 atom stereocenters. The Hall–Kier alpha value is -2.63. The van der Waals surface area contributed by atoms with Gasteiger partial charge in [0.05, 0.1) is 5.69 Å². The van der Waals surface area contributed by atoms with Crippen LogP contribution in [-0.2, 0) is 13.0 Å². The van der Waals surface area contributed by atoms with E-state index in [0.29, 0.717) is 17.9 Å². The molecule has 0 fully saturated rings. The summed E-state index contributed by atoms with van der Waals surface area (Å²) in [7, 11) is 0. The summed E-state index contributed by atoms with van der Waals surface area (Å²) >= 11 is 0. The van der Waals surface area contributed by atoms with Crippen LogP contribution < -0.4 is 15.8 Å². The Balaban J connectivity index is 2.09. The van der Waals surface area contributed by atoms with Crippen molar-refractivity contribution in [2.75, 3.05) is 0 Å². The lowest BCUT2D eigenvalue weighted by atomic mass is 9.98. The molecule has 3 N–H and O–H groups in total. The van der Waals surface area contributed by atoms with Crippen molar-refractivity contribution < 1.29 is 13.9 Å². The molecule has 23 heavy (non-hydrogen) atoms. The topological polar surface area (TPSA) is 77.2 Å². The zero-order valence-electron chi connectivity index (χ0n) is 13.2. The van der Waals surface area contributed by atoms with Gasteiger partial charge in [-0.25, -0.2) is 9.18 Å². The summed E-state index contributed by atoms with van der Waals surface area (Å²) in [5.41, 5.74) is 6.05. The minimum atomic E-state index is -0.590. The second-order valence-electron chi connectivity index (χ2n) is 5.92. The second kappa shape index (κ2) is 7.09. The van der Waals surface area contributed by atoms with Gasteiger partial charge in [-0.15, -0.1) is 0 Å². The predicted molar refractivity (Wildman–Crippen MR) is 85.5 cm³/mol. The van der Waals surface area contributed by atoms with E-state index in [1.807, 2.05) is 13.8 Å². The van der Waals surface area contributed by atoms with Crippen LogP contribution in [0.25, 0.3) is 0 Å². The maximum Gasteiger partial charge on any atom is 0.312 e. The number of hydrogen-bond donors (Lipinski definition) is 2. The van der Waals surface area contributed by atoms with Gasteiger partial charge in [-0.05, 0) is 43.7 Å². The van der Waals surface area contributed by atoms with Gasteiger partial charge in [-0.3, -0.25) is 4.98 Å². The molecule has 0 aliphatic carbocycles. The Morgan fingerprint density at radius 3 is 2.83 bits per heavy atom. The first-order valence-corrected chi connectivity index (χ1v) is 7.24. The van der Waals surface area contributed by atoms with E-state index in [1.54, 1.807) is 30.5 Å². The number of primary amides is 1. The van der Waals surface area contributed by atoms with Crippen LogP contribution in [0.4, 0.5) is 9.18 Å². The lowest BCUT2D eigenvalue weighted by Crippen LogP contribution is -2.47. The Morgan fingerprint density at radius 1 is 1.35 bits per heavy atom. The SMILES string of the molecule is CC(C)(Cc1ncccc1OCc1cccc(F)c1)NC(N)=O. The molecule has 0 unspecified atom stereocenters. The van der Waals surface area contributed by atoms with Crippen molar-refractivity contribution in [2.24, 2.45) is 5.73 Å². The first-order valence-electron chi connectivity index (χ1n) is 7.24. The van der Waals surface area contributed by atoms with Crippen LogP contribution >= 0.6 is 0 Å². The zero-order chi connectivity index (χ0) is 16.9. The highest BCUT2D eigenvalue weighted by atomic mass is 19.1. The number of aromatic nitrogens is 1. The highest BCUT2D eigenvalue weighted by Gasteiger charge is 2.22. The van der Waals surface area contributed by atoms with Crippen LogP contribution in [0, 0.1) is 5.82 Å². The van der Waals surface area contributed by atoms with Crippen molar-refractivity contribution in [3.05, 3.63) is 59.7 Å². The quantitative estimate of drug-likeness (QED) is 0.860. The molecule has 2 rings (SSSR count). The fourth-order valence-corrected chi connectivity index (χ4v) is 2.27. The molecule has 1 aromatic heterocycles. The van der Waals surface area contributed by atoms with Crippen molar-refractivity contribution in [3.8, 4) is 5.75 Å². The van der Waals surface area contributed by atoms with Gasteiger partial charge < -0.3 is 15.8 Å². The third-order valence-corrected chi connectivity index (χ3v) is 3.20. The number of urea groups is 1. The number of ether oxygens (including phenoxy) is 1. The van der Waals surface area contributed by atoms with Crippen LogP contribution in [0.1, 0.15) is 25.1 Å². The molecular formula is C17H20FN3O2. The standard InChI is InChI=1S/C17H20FN3O2/c1-17(2,21-16(19)22)10-14-15(7-4-8-20-14)23-11-12-5-3-6-13(18)9-12/h3-9H,10-11H2,1-2H3,(H3,19,21,22). The number of hydrogen-bond acceptors (Lipinski definition) is 3. The molecular weight excluding hydrogens is 297 g/mol. The van der Waals surface area contributed by atoms with E-state index in [4.69, 9.17) is 10.5 Å². The van der Waals surface area contributed by atoms with Crippen molar-refractivity contribution in [2.45, 2.75) is 32.4 Å². The van der Waals surface area contributed by atoms with E-state index < -0.39 is 11.6 Å². The normalized spacial score (nSPS) is 11.1. The number of nitrogens with two attached hydrogens (primary N) is 1. The number of carbonyl (C=O) groups is 1. The van der Waals surface area contributed by atoms with Crippen molar-refractivity contribution in [1.29, 1.82) is 0 Å². The number of nitrogens with zero attached hydrogens (tertiary/aromatic N) is 1. The predicted octanol–water partition coefficient (Wildman–Crippen LogP) is 2.79. The maximum absolute atomic E-state index is 13.2. The molecule has 0 spiro atoms. The Kier molecular flexibility index (Phi) is 5.16. The molecule has 0 radical (unpaired) electrons. The highest BCUT2D eigenvalue weighted by molar-refractivity contribution is 5.72. The number of amides is 2. The number of carbonyl (C=O) groups excluding carboxylic acids is 1. The summed E-state index contributed by atoms with van der Waals surface area (Å²) in [6, 6.07) is 9.20. The molecule has 122 valence electrons. The summed E-state index contributed by atoms with van der Waals surface area (Å²) in [5.74, 6) is 0.292. The van der Waals surface area contributed by atoms with Gasteiger partial charge in [0.1, 0.15) is 18.2 Å². The number of halogens is 1. The Bertz CT molecular complexity index is 689. The number of rotatable bonds is 6. The van der Waals surface area contributed by atoms with Gasteiger partial charge in [-0.1, -0.05) is 12.1 Å². The smallest absolute Gasteiger partial charge is 0.312 e. The van der Waals surface area contributed by atoms with Gasteiger partial charge >= 0.3 is 6.03 Å². The van der Waals surface area contributed by atoms with E-state index in [-0.39, 0.29) is 12.4 Å². The van der Waals surface area contributed by atoms with Crippen LogP contribution in [0.2, 0.25) is 0 Å². The lowest BCUT2D eigenvalue weighted by molar-refractivity contribution is 0.237. The average molecular weight is 317 g/mol. The number of pyridine rings is 1. The van der Waals surface area contributed by atoms with Crippen LogP contribution in [0.3, 0.4) is 0 Å². The maximum atomic E-state index is 13.2. The summed E-state index contributed by atoms with van der Waals surface area (Å²) in [6.45, 7) is 3.94. The number of nitrogens with one attached hydrogen (secondary N) is 1. The first kappa shape index (κ1) is 16.7. The fraction of sp³-hybridized carbons (Fsp3) is 0.294. The van der Waals surface area contributed by atoms with E-state index in [9.17, 15) is 9.18 Å². The lowest BCUT2D eigenvalue weighted by Gasteiger charge is -2.25. The van der Waals surface area contributed by atoms with E-state index >= 15 is 0 Å². The fourth-order valence-electron chi connectivity index (χ4n) is 2.27. The van der Waals surface area contributed by atoms with Gasteiger partial charge in [0.15, 0.2) is 0 Å². The Labute approximate surface area is 134 Å². The number of benzene rings is 1. The minimum Gasteiger partial charge on any atom is -0.487 e. The molecule has 2 aromatic rings. The molecule has 1 aromatic carbocycles. The molecule has 0 saturated heterocycles. The Morgan fingerprint density at radius 2 is 2.13 bits per heavy atom. The summed E-state index contributed by atoms with van der Waals surface area (Å²) in [5, 5.41) is 2.67. The van der Waals surface area contributed by atoms with Crippen LogP contribution in [0.15, 0.2) is 42.6 Å². The summed E-state index contributed by atoms with van der Waals surface area (Å²) in [4.78, 5) is 15.4. The average Bonchev–Trinajstić information content (AvgIpc) is 2.44. The summed E-state index contributed by atoms with van der Waals surface area (Å²) < 4.78 is 19.0. The van der Waals surface area contributed by atoms with E-state index in [0.717, 1.165) is 5.56 Å². The monoisotopic (exact) mass is 317 g/mol. The third kappa shape index (κ3) is 5.25. The summed E-state index contributed by atoms with van der Waals surface area (Å²) in [6.07, 6.45) is 2.11. The minimum absolute atomic E-state index is 0.236. The van der Waals surface area contributed by atoms with Gasteiger partial charge in [-0.2, -0.15) is 0 Å².